The fourth-order valence-corrected chi connectivity index (χ4v) is 3.01. The van der Waals surface area contributed by atoms with E-state index in [1.54, 1.807) is 23.1 Å². The van der Waals surface area contributed by atoms with Crippen molar-refractivity contribution in [2.75, 3.05) is 17.2 Å². The first kappa shape index (κ1) is 14.2. The van der Waals surface area contributed by atoms with E-state index in [0.29, 0.717) is 27.8 Å². The predicted molar refractivity (Wildman–Crippen MR) is 87.3 cm³/mol. The number of carbonyl (C=O) groups is 1. The number of benzene rings is 2. The molecule has 0 saturated carbocycles. The fraction of sp³-hybridized carbons (Fsp3) is 0.188. The zero-order valence-electron chi connectivity index (χ0n) is 11.3. The number of nitrogens with zero attached hydrogens (tertiary/aromatic N) is 1. The Labute approximate surface area is 133 Å². The number of rotatable bonds is 1. The predicted octanol–water partition coefficient (Wildman–Crippen LogP) is 4.17. The van der Waals surface area contributed by atoms with Gasteiger partial charge in [0.25, 0.3) is 5.91 Å². The number of hydrogen-bond donors (Lipinski definition) is 1. The van der Waals surface area contributed by atoms with E-state index in [2.05, 4.69) is 0 Å². The zero-order valence-corrected chi connectivity index (χ0v) is 12.8. The van der Waals surface area contributed by atoms with E-state index in [0.717, 1.165) is 24.1 Å². The quantitative estimate of drug-likeness (QED) is 0.801. The van der Waals surface area contributed by atoms with Gasteiger partial charge in [-0.2, -0.15) is 0 Å². The zero-order chi connectivity index (χ0) is 15.0. The third-order valence-electron chi connectivity index (χ3n) is 3.63. The fourth-order valence-electron chi connectivity index (χ4n) is 2.63. The number of halogens is 2. The number of carbonyl (C=O) groups excluding carboxylic acids is 1. The molecule has 2 aromatic rings. The Morgan fingerprint density at radius 2 is 1.95 bits per heavy atom. The van der Waals surface area contributed by atoms with Crippen molar-refractivity contribution in [1.82, 2.24) is 0 Å². The number of fused-ring (bicyclic) bond motifs is 1. The minimum Gasteiger partial charge on any atom is -0.399 e. The molecule has 0 bridgehead atoms. The van der Waals surface area contributed by atoms with Gasteiger partial charge in [-0.15, -0.1) is 0 Å². The molecule has 3 rings (SSSR count). The molecule has 0 spiro atoms. The molecule has 2 N–H and O–H groups in total. The Hall–Kier alpha value is -1.71. The summed E-state index contributed by atoms with van der Waals surface area (Å²) in [7, 11) is 0. The van der Waals surface area contributed by atoms with Crippen LogP contribution in [0.3, 0.4) is 0 Å². The van der Waals surface area contributed by atoms with Crippen molar-refractivity contribution < 1.29 is 4.79 Å². The molecule has 0 aromatic heterocycles. The largest absolute Gasteiger partial charge is 0.399 e. The van der Waals surface area contributed by atoms with Crippen LogP contribution in [-0.2, 0) is 6.42 Å². The lowest BCUT2D eigenvalue weighted by molar-refractivity contribution is 0.0985. The number of anilines is 2. The number of hydrogen-bond acceptors (Lipinski definition) is 2. The molecule has 21 heavy (non-hydrogen) atoms. The van der Waals surface area contributed by atoms with Crippen LogP contribution in [0.15, 0.2) is 36.4 Å². The molecule has 5 heteroatoms. The smallest absolute Gasteiger partial charge is 0.259 e. The van der Waals surface area contributed by atoms with E-state index < -0.39 is 0 Å². The van der Waals surface area contributed by atoms with Crippen LogP contribution in [0.1, 0.15) is 22.3 Å². The molecule has 1 amide bonds. The van der Waals surface area contributed by atoms with Crippen LogP contribution in [0.5, 0.6) is 0 Å². The van der Waals surface area contributed by atoms with Crippen LogP contribution in [0.2, 0.25) is 10.0 Å². The van der Waals surface area contributed by atoms with Gasteiger partial charge in [0.15, 0.2) is 0 Å². The molecular weight excluding hydrogens is 307 g/mol. The lowest BCUT2D eigenvalue weighted by Gasteiger charge is -2.30. The molecule has 1 heterocycles. The Balaban J connectivity index is 2.02. The first-order chi connectivity index (χ1) is 10.1. The highest BCUT2D eigenvalue weighted by molar-refractivity contribution is 6.36. The second-order valence-electron chi connectivity index (χ2n) is 5.07. The standard InChI is InChI=1S/C16H14Cl2N2O/c17-11-3-5-14(18)13(9-11)16(21)20-7-1-2-10-8-12(19)4-6-15(10)20/h3-6,8-9H,1-2,7,19H2. The summed E-state index contributed by atoms with van der Waals surface area (Å²) in [6.07, 6.45) is 1.83. The van der Waals surface area contributed by atoms with E-state index in [-0.39, 0.29) is 5.91 Å². The van der Waals surface area contributed by atoms with E-state index in [1.807, 2.05) is 18.2 Å². The molecule has 2 aromatic carbocycles. The first-order valence-electron chi connectivity index (χ1n) is 6.71. The normalized spacial score (nSPS) is 13.9. The van der Waals surface area contributed by atoms with Gasteiger partial charge in [-0.1, -0.05) is 23.2 Å². The molecule has 0 fully saturated rings. The van der Waals surface area contributed by atoms with Crippen molar-refractivity contribution in [3.8, 4) is 0 Å². The van der Waals surface area contributed by atoms with Crippen molar-refractivity contribution in [1.29, 1.82) is 0 Å². The second-order valence-corrected chi connectivity index (χ2v) is 5.92. The number of amides is 1. The SMILES string of the molecule is Nc1ccc2c(c1)CCCN2C(=O)c1cc(Cl)ccc1Cl. The summed E-state index contributed by atoms with van der Waals surface area (Å²) in [6.45, 7) is 0.665. The van der Waals surface area contributed by atoms with Crippen LogP contribution in [0, 0.1) is 0 Å². The summed E-state index contributed by atoms with van der Waals surface area (Å²) in [5.41, 5.74) is 8.94. The highest BCUT2D eigenvalue weighted by Gasteiger charge is 2.25. The van der Waals surface area contributed by atoms with Crippen LogP contribution < -0.4 is 10.6 Å². The Morgan fingerprint density at radius 1 is 1.14 bits per heavy atom. The molecule has 3 nitrogen and oxygen atoms in total. The van der Waals surface area contributed by atoms with Gasteiger partial charge in [0.1, 0.15) is 0 Å². The topological polar surface area (TPSA) is 46.3 Å². The van der Waals surface area contributed by atoms with Gasteiger partial charge in [-0.3, -0.25) is 4.79 Å². The van der Waals surface area contributed by atoms with Gasteiger partial charge in [-0.25, -0.2) is 0 Å². The molecule has 108 valence electrons. The van der Waals surface area contributed by atoms with Crippen molar-refractivity contribution in [3.05, 3.63) is 57.6 Å². The minimum absolute atomic E-state index is 0.131. The van der Waals surface area contributed by atoms with Gasteiger partial charge in [0, 0.05) is 22.9 Å². The number of nitrogens with two attached hydrogens (primary N) is 1. The second kappa shape index (κ2) is 5.58. The average molecular weight is 321 g/mol. The van der Waals surface area contributed by atoms with Gasteiger partial charge in [0.2, 0.25) is 0 Å². The lowest BCUT2D eigenvalue weighted by atomic mass is 10.00. The summed E-state index contributed by atoms with van der Waals surface area (Å²) in [6, 6.07) is 10.5. The third-order valence-corrected chi connectivity index (χ3v) is 4.19. The van der Waals surface area contributed by atoms with E-state index in [9.17, 15) is 4.79 Å². The molecular formula is C16H14Cl2N2O. The van der Waals surface area contributed by atoms with Crippen molar-refractivity contribution >= 4 is 40.5 Å². The molecule has 0 saturated heterocycles. The minimum atomic E-state index is -0.131. The number of aryl methyl sites for hydroxylation is 1. The van der Waals surface area contributed by atoms with Gasteiger partial charge in [0.05, 0.1) is 10.6 Å². The maximum absolute atomic E-state index is 12.8. The summed E-state index contributed by atoms with van der Waals surface area (Å²) in [4.78, 5) is 14.5. The Morgan fingerprint density at radius 3 is 2.76 bits per heavy atom. The highest BCUT2D eigenvalue weighted by atomic mass is 35.5. The maximum Gasteiger partial charge on any atom is 0.259 e. The maximum atomic E-state index is 12.8. The Kier molecular flexibility index (Phi) is 3.79. The Bertz CT molecular complexity index is 715. The summed E-state index contributed by atoms with van der Waals surface area (Å²) in [5.74, 6) is -0.131. The van der Waals surface area contributed by atoms with Gasteiger partial charge < -0.3 is 10.6 Å². The van der Waals surface area contributed by atoms with E-state index in [4.69, 9.17) is 28.9 Å². The molecule has 0 radical (unpaired) electrons. The molecule has 0 aliphatic carbocycles. The van der Waals surface area contributed by atoms with Crippen molar-refractivity contribution in [3.63, 3.8) is 0 Å². The van der Waals surface area contributed by atoms with E-state index in [1.165, 1.54) is 0 Å². The summed E-state index contributed by atoms with van der Waals surface area (Å²) < 4.78 is 0. The lowest BCUT2D eigenvalue weighted by Crippen LogP contribution is -2.35. The highest BCUT2D eigenvalue weighted by Crippen LogP contribution is 2.31. The average Bonchev–Trinajstić information content (AvgIpc) is 2.48. The third kappa shape index (κ3) is 2.71. The van der Waals surface area contributed by atoms with Crippen LogP contribution in [-0.4, -0.2) is 12.5 Å². The van der Waals surface area contributed by atoms with Gasteiger partial charge in [-0.05, 0) is 54.8 Å². The van der Waals surface area contributed by atoms with Crippen molar-refractivity contribution in [2.24, 2.45) is 0 Å². The van der Waals surface area contributed by atoms with Crippen LogP contribution >= 0.6 is 23.2 Å². The van der Waals surface area contributed by atoms with Crippen molar-refractivity contribution in [2.45, 2.75) is 12.8 Å². The molecule has 1 aliphatic heterocycles. The summed E-state index contributed by atoms with van der Waals surface area (Å²) in [5, 5.41) is 0.907. The van der Waals surface area contributed by atoms with Crippen LogP contribution in [0.4, 0.5) is 11.4 Å². The monoisotopic (exact) mass is 320 g/mol. The van der Waals surface area contributed by atoms with Gasteiger partial charge >= 0.3 is 0 Å². The van der Waals surface area contributed by atoms with E-state index >= 15 is 0 Å². The van der Waals surface area contributed by atoms with Crippen LogP contribution in [0.25, 0.3) is 0 Å². The first-order valence-corrected chi connectivity index (χ1v) is 7.47. The molecule has 0 atom stereocenters. The number of nitrogen functional groups attached to an aromatic ring is 1. The summed E-state index contributed by atoms with van der Waals surface area (Å²) >= 11 is 12.1. The molecule has 1 aliphatic rings. The molecule has 0 unspecified atom stereocenters.